The number of hydrogen-bond donors (Lipinski definition) is 1. The van der Waals surface area contributed by atoms with Crippen molar-refractivity contribution in [3.8, 4) is 0 Å². The van der Waals surface area contributed by atoms with E-state index in [4.69, 9.17) is 11.6 Å². The lowest BCUT2D eigenvalue weighted by molar-refractivity contribution is 0.379. The van der Waals surface area contributed by atoms with Crippen LogP contribution in [0.2, 0.25) is 5.02 Å². The van der Waals surface area contributed by atoms with Crippen LogP contribution in [0.4, 0.5) is 0 Å². The van der Waals surface area contributed by atoms with Crippen LogP contribution in [-0.2, 0) is 0 Å². The molecule has 0 radical (unpaired) electrons. The summed E-state index contributed by atoms with van der Waals surface area (Å²) in [5.41, 5.74) is 1.48. The molecule has 0 aromatic heterocycles. The van der Waals surface area contributed by atoms with Gasteiger partial charge in [0.15, 0.2) is 0 Å². The van der Waals surface area contributed by atoms with E-state index in [1.54, 1.807) is 0 Å². The number of hydrogen-bond acceptors (Lipinski definition) is 1. The van der Waals surface area contributed by atoms with Crippen molar-refractivity contribution in [1.29, 1.82) is 0 Å². The van der Waals surface area contributed by atoms with Crippen molar-refractivity contribution in [2.24, 2.45) is 5.92 Å². The van der Waals surface area contributed by atoms with Crippen LogP contribution in [-0.4, -0.2) is 13.1 Å². The van der Waals surface area contributed by atoms with Gasteiger partial charge in [0.2, 0.25) is 0 Å². The summed E-state index contributed by atoms with van der Waals surface area (Å²) in [6, 6.07) is 8.51. The van der Waals surface area contributed by atoms with E-state index in [1.807, 2.05) is 12.1 Å². The van der Waals surface area contributed by atoms with Gasteiger partial charge in [-0.15, -0.1) is 0 Å². The Labute approximate surface area is 116 Å². The van der Waals surface area contributed by atoms with Gasteiger partial charge in [0.1, 0.15) is 0 Å². The maximum absolute atomic E-state index is 5.99. The maximum atomic E-state index is 5.99. The summed E-state index contributed by atoms with van der Waals surface area (Å²) in [7, 11) is 0. The molecule has 0 amide bonds. The van der Waals surface area contributed by atoms with Gasteiger partial charge in [-0.1, -0.05) is 49.9 Å². The summed E-state index contributed by atoms with van der Waals surface area (Å²) in [5.74, 6) is 1.50. The monoisotopic (exact) mass is 265 g/mol. The Hall–Kier alpha value is -0.530. The SMILES string of the molecule is CCNCC1CCCCCC1c1ccc(Cl)cc1. The lowest BCUT2D eigenvalue weighted by atomic mass is 9.82. The molecule has 0 heterocycles. The zero-order valence-electron chi connectivity index (χ0n) is 11.3. The highest BCUT2D eigenvalue weighted by molar-refractivity contribution is 6.30. The second kappa shape index (κ2) is 7.16. The van der Waals surface area contributed by atoms with Crippen molar-refractivity contribution < 1.29 is 0 Å². The first-order chi connectivity index (χ1) is 8.81. The summed E-state index contributed by atoms with van der Waals surface area (Å²) in [6.07, 6.45) is 6.85. The van der Waals surface area contributed by atoms with Crippen molar-refractivity contribution in [2.75, 3.05) is 13.1 Å². The summed E-state index contributed by atoms with van der Waals surface area (Å²) in [5, 5.41) is 4.37. The van der Waals surface area contributed by atoms with E-state index in [2.05, 4.69) is 24.4 Å². The normalized spacial score (nSPS) is 24.8. The van der Waals surface area contributed by atoms with E-state index in [-0.39, 0.29) is 0 Å². The minimum Gasteiger partial charge on any atom is -0.317 e. The van der Waals surface area contributed by atoms with Crippen molar-refractivity contribution in [3.05, 3.63) is 34.9 Å². The molecule has 2 atom stereocenters. The smallest absolute Gasteiger partial charge is 0.0406 e. The highest BCUT2D eigenvalue weighted by atomic mass is 35.5. The standard InChI is InChI=1S/C16H24ClN/c1-2-18-12-14-6-4-3-5-7-16(14)13-8-10-15(17)11-9-13/h8-11,14,16,18H,2-7,12H2,1H3. The lowest BCUT2D eigenvalue weighted by Gasteiger charge is -2.26. The Morgan fingerprint density at radius 3 is 2.56 bits per heavy atom. The third-order valence-electron chi connectivity index (χ3n) is 4.11. The number of nitrogens with one attached hydrogen (secondary N) is 1. The van der Waals surface area contributed by atoms with Gasteiger partial charge in [-0.3, -0.25) is 0 Å². The van der Waals surface area contributed by atoms with Crippen LogP contribution in [0.1, 0.15) is 50.5 Å². The molecule has 2 unspecified atom stereocenters. The van der Waals surface area contributed by atoms with E-state index < -0.39 is 0 Å². The molecule has 1 aliphatic rings. The van der Waals surface area contributed by atoms with Gasteiger partial charge >= 0.3 is 0 Å². The van der Waals surface area contributed by atoms with Gasteiger partial charge < -0.3 is 5.32 Å². The Balaban J connectivity index is 2.11. The number of benzene rings is 1. The quantitative estimate of drug-likeness (QED) is 0.784. The molecule has 1 N–H and O–H groups in total. The predicted octanol–water partition coefficient (Wildman–Crippen LogP) is 4.61. The molecule has 2 rings (SSSR count). The van der Waals surface area contributed by atoms with E-state index in [0.29, 0.717) is 5.92 Å². The van der Waals surface area contributed by atoms with Gasteiger partial charge in [-0.25, -0.2) is 0 Å². The fraction of sp³-hybridized carbons (Fsp3) is 0.625. The molecule has 1 fully saturated rings. The van der Waals surface area contributed by atoms with E-state index in [1.165, 1.54) is 37.7 Å². The first-order valence-corrected chi connectivity index (χ1v) is 7.65. The molecular weight excluding hydrogens is 242 g/mol. The predicted molar refractivity (Wildman–Crippen MR) is 79.3 cm³/mol. The number of halogens is 1. The van der Waals surface area contributed by atoms with Gasteiger partial charge in [0.25, 0.3) is 0 Å². The summed E-state index contributed by atoms with van der Waals surface area (Å²) in [4.78, 5) is 0. The van der Waals surface area contributed by atoms with Crippen molar-refractivity contribution in [1.82, 2.24) is 5.32 Å². The van der Waals surface area contributed by atoms with E-state index in [9.17, 15) is 0 Å². The van der Waals surface area contributed by atoms with E-state index in [0.717, 1.165) is 24.0 Å². The second-order valence-electron chi connectivity index (χ2n) is 5.36. The van der Waals surface area contributed by atoms with Crippen LogP contribution in [0.3, 0.4) is 0 Å². The van der Waals surface area contributed by atoms with Crippen LogP contribution in [0.15, 0.2) is 24.3 Å². The fourth-order valence-corrected chi connectivity index (χ4v) is 3.23. The molecule has 2 heteroatoms. The summed E-state index contributed by atoms with van der Waals surface area (Å²) < 4.78 is 0. The van der Waals surface area contributed by atoms with Crippen LogP contribution >= 0.6 is 11.6 Å². The van der Waals surface area contributed by atoms with Gasteiger partial charge in [-0.05, 0) is 55.5 Å². The van der Waals surface area contributed by atoms with Crippen molar-refractivity contribution in [3.63, 3.8) is 0 Å². The molecule has 1 saturated carbocycles. The molecule has 18 heavy (non-hydrogen) atoms. The molecule has 0 saturated heterocycles. The van der Waals surface area contributed by atoms with Crippen LogP contribution in [0, 0.1) is 5.92 Å². The molecule has 1 aromatic rings. The highest BCUT2D eigenvalue weighted by Gasteiger charge is 2.24. The average molecular weight is 266 g/mol. The molecule has 100 valence electrons. The average Bonchev–Trinajstić information content (AvgIpc) is 2.62. The third-order valence-corrected chi connectivity index (χ3v) is 4.37. The Morgan fingerprint density at radius 1 is 1.11 bits per heavy atom. The van der Waals surface area contributed by atoms with Crippen molar-refractivity contribution >= 4 is 11.6 Å². The first kappa shape index (κ1) is 13.9. The van der Waals surface area contributed by atoms with Gasteiger partial charge in [0.05, 0.1) is 0 Å². The number of rotatable bonds is 4. The fourth-order valence-electron chi connectivity index (χ4n) is 3.11. The molecule has 0 bridgehead atoms. The lowest BCUT2D eigenvalue weighted by Crippen LogP contribution is -2.26. The first-order valence-electron chi connectivity index (χ1n) is 7.27. The Morgan fingerprint density at radius 2 is 1.83 bits per heavy atom. The molecular formula is C16H24ClN. The van der Waals surface area contributed by atoms with Gasteiger partial charge in [-0.2, -0.15) is 0 Å². The Kier molecular flexibility index (Phi) is 5.52. The maximum Gasteiger partial charge on any atom is 0.0406 e. The molecule has 0 aliphatic heterocycles. The zero-order chi connectivity index (χ0) is 12.8. The van der Waals surface area contributed by atoms with Gasteiger partial charge in [0, 0.05) is 5.02 Å². The topological polar surface area (TPSA) is 12.0 Å². The van der Waals surface area contributed by atoms with Crippen LogP contribution in [0.25, 0.3) is 0 Å². The zero-order valence-corrected chi connectivity index (χ0v) is 12.0. The minimum atomic E-state index is 0.712. The van der Waals surface area contributed by atoms with Crippen LogP contribution in [0.5, 0.6) is 0 Å². The molecule has 1 nitrogen and oxygen atoms in total. The minimum absolute atomic E-state index is 0.712. The van der Waals surface area contributed by atoms with Crippen LogP contribution < -0.4 is 5.32 Å². The molecule has 1 aliphatic carbocycles. The largest absolute Gasteiger partial charge is 0.317 e. The molecule has 1 aromatic carbocycles. The third kappa shape index (κ3) is 3.73. The molecule has 0 spiro atoms. The second-order valence-corrected chi connectivity index (χ2v) is 5.80. The summed E-state index contributed by atoms with van der Waals surface area (Å²) >= 11 is 5.99. The van der Waals surface area contributed by atoms with E-state index >= 15 is 0 Å². The highest BCUT2D eigenvalue weighted by Crippen LogP contribution is 2.36. The summed E-state index contributed by atoms with van der Waals surface area (Å²) in [6.45, 7) is 4.42. The Bertz CT molecular complexity index is 347. The van der Waals surface area contributed by atoms with Crippen molar-refractivity contribution in [2.45, 2.75) is 44.9 Å².